The van der Waals surface area contributed by atoms with E-state index < -0.39 is 12.1 Å². The van der Waals surface area contributed by atoms with Gasteiger partial charge >= 0.3 is 0 Å². The first-order valence-electron chi connectivity index (χ1n) is 40.4. The molecule has 2 unspecified atom stereocenters. The number of carbonyl (C=O) groups excluding carboxylic acids is 1. The standard InChI is InChI=1S/C81H161NO3/c1-3-5-7-9-11-13-15-17-19-21-23-25-27-29-31-33-35-37-38-39-40-41-42-43-45-47-49-51-53-55-57-59-61-63-65-67-69-71-73-75-77-81(85)82-79(78-83)80(84)76-74-72-70-68-66-64-62-60-58-56-54-52-50-48-46-44-36-34-32-30-28-26-24-22-20-18-16-14-12-10-8-6-4-2/h74,76,79-80,83-84H,3-73,75,77-78H2,1-2H3,(H,82,85)/b76-74+. The van der Waals surface area contributed by atoms with Gasteiger partial charge in [-0.1, -0.05) is 469 Å². The van der Waals surface area contributed by atoms with Gasteiger partial charge in [-0.05, 0) is 19.3 Å². The van der Waals surface area contributed by atoms with Gasteiger partial charge in [0.15, 0.2) is 0 Å². The number of carbonyl (C=O) groups is 1. The zero-order chi connectivity index (χ0) is 61.2. The van der Waals surface area contributed by atoms with Crippen molar-refractivity contribution in [1.29, 1.82) is 0 Å². The minimum atomic E-state index is -0.838. The molecule has 0 saturated heterocycles. The maximum absolute atomic E-state index is 12.6. The van der Waals surface area contributed by atoms with Crippen LogP contribution in [0.3, 0.4) is 0 Å². The third-order valence-electron chi connectivity index (χ3n) is 19.5. The van der Waals surface area contributed by atoms with Crippen LogP contribution in [0.1, 0.15) is 483 Å². The molecule has 508 valence electrons. The number of allylic oxidation sites excluding steroid dienone is 1. The summed E-state index contributed by atoms with van der Waals surface area (Å²) in [5.74, 6) is -0.0515. The van der Waals surface area contributed by atoms with E-state index in [1.807, 2.05) is 6.08 Å². The summed E-state index contributed by atoms with van der Waals surface area (Å²) in [4.78, 5) is 12.6. The molecule has 3 N–H and O–H groups in total. The minimum Gasteiger partial charge on any atom is -0.394 e. The van der Waals surface area contributed by atoms with Gasteiger partial charge in [0, 0.05) is 6.42 Å². The Hall–Kier alpha value is -0.870. The average Bonchev–Trinajstić information content (AvgIpc) is 3.52. The highest BCUT2D eigenvalue weighted by molar-refractivity contribution is 5.76. The number of aliphatic hydroxyl groups excluding tert-OH is 2. The summed E-state index contributed by atoms with van der Waals surface area (Å²) >= 11 is 0. The Morgan fingerprint density at radius 3 is 0.612 bits per heavy atom. The van der Waals surface area contributed by atoms with E-state index in [4.69, 9.17) is 0 Å². The SMILES string of the molecule is CCCCCCCCCCCCCCCCCCCCCCCCCCCCCCCCC/C=C/C(O)C(CO)NC(=O)CCCCCCCCCCCCCCCCCCCCCCCCCCCCCCCCCCCCCCCCCC. The van der Waals surface area contributed by atoms with Crippen LogP contribution in [0.25, 0.3) is 0 Å². The van der Waals surface area contributed by atoms with Crippen LogP contribution in [0.15, 0.2) is 12.2 Å². The van der Waals surface area contributed by atoms with Crippen LogP contribution in [0.2, 0.25) is 0 Å². The molecular weight excluding hydrogens is 1030 g/mol. The van der Waals surface area contributed by atoms with Gasteiger partial charge in [0.25, 0.3) is 0 Å². The number of hydrogen-bond donors (Lipinski definition) is 3. The lowest BCUT2D eigenvalue weighted by Crippen LogP contribution is -2.45. The largest absolute Gasteiger partial charge is 0.394 e. The molecule has 4 nitrogen and oxygen atoms in total. The van der Waals surface area contributed by atoms with Crippen LogP contribution in [0.5, 0.6) is 0 Å². The molecule has 0 radical (unpaired) electrons. The average molecular weight is 1200 g/mol. The topological polar surface area (TPSA) is 69.6 Å². The highest BCUT2D eigenvalue weighted by atomic mass is 16.3. The van der Waals surface area contributed by atoms with E-state index in [2.05, 4.69) is 19.2 Å². The van der Waals surface area contributed by atoms with Gasteiger partial charge < -0.3 is 15.5 Å². The van der Waals surface area contributed by atoms with Gasteiger partial charge in [-0.15, -0.1) is 0 Å². The zero-order valence-electron chi connectivity index (χ0n) is 58.9. The number of rotatable bonds is 77. The monoisotopic (exact) mass is 1200 g/mol. The minimum absolute atomic E-state index is 0.0515. The molecule has 0 aromatic rings. The summed E-state index contributed by atoms with van der Waals surface area (Å²) in [5.41, 5.74) is 0. The molecule has 0 aliphatic heterocycles. The van der Waals surface area contributed by atoms with Crippen molar-refractivity contribution in [3.05, 3.63) is 12.2 Å². The Kier molecular flexibility index (Phi) is 76.6. The summed E-state index contributed by atoms with van der Waals surface area (Å²) in [5, 5.41) is 23.4. The third kappa shape index (κ3) is 73.8. The normalized spacial score (nSPS) is 12.6. The molecule has 0 aliphatic rings. The van der Waals surface area contributed by atoms with E-state index >= 15 is 0 Å². The Bertz CT molecular complexity index is 1220. The zero-order valence-corrected chi connectivity index (χ0v) is 58.9. The lowest BCUT2D eigenvalue weighted by atomic mass is 10.0. The molecule has 0 spiro atoms. The van der Waals surface area contributed by atoms with E-state index in [1.165, 1.54) is 437 Å². The Balaban J connectivity index is 3.35. The second-order valence-electron chi connectivity index (χ2n) is 28.2. The molecule has 1 amide bonds. The quantitative estimate of drug-likeness (QED) is 0.0420. The Morgan fingerprint density at radius 2 is 0.435 bits per heavy atom. The first-order valence-corrected chi connectivity index (χ1v) is 40.4. The predicted molar refractivity (Wildman–Crippen MR) is 383 cm³/mol. The molecule has 0 fully saturated rings. The summed E-state index contributed by atoms with van der Waals surface area (Å²) in [7, 11) is 0. The molecule has 4 heteroatoms. The summed E-state index contributed by atoms with van der Waals surface area (Å²) < 4.78 is 0. The van der Waals surface area contributed by atoms with Gasteiger partial charge in [-0.2, -0.15) is 0 Å². The predicted octanol–water partition coefficient (Wildman–Crippen LogP) is 27.9. The third-order valence-corrected chi connectivity index (χ3v) is 19.5. The lowest BCUT2D eigenvalue weighted by Gasteiger charge is -2.20. The molecule has 0 aromatic carbocycles. The maximum Gasteiger partial charge on any atom is 0.220 e. The number of aliphatic hydroxyl groups is 2. The Morgan fingerprint density at radius 1 is 0.271 bits per heavy atom. The van der Waals surface area contributed by atoms with Crippen molar-refractivity contribution in [2.45, 2.75) is 495 Å². The number of amides is 1. The van der Waals surface area contributed by atoms with Crippen LogP contribution in [0.4, 0.5) is 0 Å². The first-order chi connectivity index (χ1) is 42.2. The van der Waals surface area contributed by atoms with Crippen LogP contribution in [0, 0.1) is 0 Å². The fourth-order valence-corrected chi connectivity index (χ4v) is 13.4. The van der Waals surface area contributed by atoms with Crippen molar-refractivity contribution in [2.24, 2.45) is 0 Å². The molecule has 0 heterocycles. The van der Waals surface area contributed by atoms with Gasteiger partial charge in [-0.3, -0.25) is 4.79 Å². The van der Waals surface area contributed by atoms with Crippen molar-refractivity contribution < 1.29 is 15.0 Å². The van der Waals surface area contributed by atoms with Crippen LogP contribution in [-0.2, 0) is 4.79 Å². The number of unbranched alkanes of at least 4 members (excludes halogenated alkanes) is 70. The molecule has 85 heavy (non-hydrogen) atoms. The summed E-state index contributed by atoms with van der Waals surface area (Å²) in [6.45, 7) is 4.38. The second-order valence-corrected chi connectivity index (χ2v) is 28.2. The molecule has 0 bridgehead atoms. The van der Waals surface area contributed by atoms with E-state index in [0.717, 1.165) is 25.7 Å². The van der Waals surface area contributed by atoms with Crippen LogP contribution >= 0.6 is 0 Å². The molecule has 0 aromatic heterocycles. The van der Waals surface area contributed by atoms with Gasteiger partial charge in [-0.25, -0.2) is 0 Å². The maximum atomic E-state index is 12.6. The number of hydrogen-bond acceptors (Lipinski definition) is 3. The van der Waals surface area contributed by atoms with E-state index in [9.17, 15) is 15.0 Å². The molecule has 0 saturated carbocycles. The fraction of sp³-hybridized carbons (Fsp3) is 0.963. The van der Waals surface area contributed by atoms with Crippen LogP contribution in [-0.4, -0.2) is 34.9 Å². The number of nitrogens with one attached hydrogen (secondary N) is 1. The van der Waals surface area contributed by atoms with Gasteiger partial charge in [0.05, 0.1) is 18.8 Å². The summed E-state index contributed by atoms with van der Waals surface area (Å²) in [6.07, 6.45) is 105. The van der Waals surface area contributed by atoms with Crippen molar-refractivity contribution in [1.82, 2.24) is 5.32 Å². The highest BCUT2D eigenvalue weighted by Crippen LogP contribution is 2.21. The van der Waals surface area contributed by atoms with E-state index in [1.54, 1.807) is 6.08 Å². The fourth-order valence-electron chi connectivity index (χ4n) is 13.4. The van der Waals surface area contributed by atoms with Gasteiger partial charge in [0.2, 0.25) is 5.91 Å². The van der Waals surface area contributed by atoms with Gasteiger partial charge in [0.1, 0.15) is 0 Å². The molecule has 0 rings (SSSR count). The van der Waals surface area contributed by atoms with Crippen molar-refractivity contribution in [2.75, 3.05) is 6.61 Å². The first kappa shape index (κ1) is 84.1. The smallest absolute Gasteiger partial charge is 0.220 e. The van der Waals surface area contributed by atoms with Crippen molar-refractivity contribution in [3.8, 4) is 0 Å². The van der Waals surface area contributed by atoms with E-state index in [-0.39, 0.29) is 12.5 Å². The Labute approximate surface area is 537 Å². The molecule has 0 aliphatic carbocycles. The highest BCUT2D eigenvalue weighted by Gasteiger charge is 2.18. The second kappa shape index (κ2) is 77.4. The van der Waals surface area contributed by atoms with Crippen molar-refractivity contribution >= 4 is 5.91 Å². The van der Waals surface area contributed by atoms with E-state index in [0.29, 0.717) is 6.42 Å². The lowest BCUT2D eigenvalue weighted by molar-refractivity contribution is -0.123. The molecule has 2 atom stereocenters. The molecular formula is C81H161NO3. The van der Waals surface area contributed by atoms with Crippen LogP contribution < -0.4 is 5.32 Å². The summed E-state index contributed by atoms with van der Waals surface area (Å²) in [6, 6.07) is -0.621. The van der Waals surface area contributed by atoms with Crippen molar-refractivity contribution in [3.63, 3.8) is 0 Å².